The molecule has 0 aliphatic heterocycles. The Morgan fingerprint density at radius 1 is 1.11 bits per heavy atom. The summed E-state index contributed by atoms with van der Waals surface area (Å²) in [6.07, 6.45) is 8.33. The van der Waals surface area contributed by atoms with E-state index in [2.05, 4.69) is 17.2 Å². The second-order valence-electron chi connectivity index (χ2n) is 4.86. The predicted octanol–water partition coefficient (Wildman–Crippen LogP) is 5.27. The quantitative estimate of drug-likeness (QED) is 0.697. The number of fused-ring (bicyclic) bond motifs is 1. The third-order valence-corrected chi connectivity index (χ3v) is 3.54. The Kier molecular flexibility index (Phi) is 5.46. The van der Waals surface area contributed by atoms with Crippen LogP contribution in [0.15, 0.2) is 30.5 Å². The summed E-state index contributed by atoms with van der Waals surface area (Å²) in [6.45, 7) is 3.26. The molecule has 0 aliphatic rings. The van der Waals surface area contributed by atoms with Crippen molar-refractivity contribution in [3.63, 3.8) is 0 Å². The first-order valence-corrected chi connectivity index (χ1v) is 7.47. The molecule has 0 amide bonds. The number of hydrogen-bond acceptors (Lipinski definition) is 2. The van der Waals surface area contributed by atoms with Gasteiger partial charge in [0.1, 0.15) is 0 Å². The van der Waals surface area contributed by atoms with Gasteiger partial charge in [-0.25, -0.2) is 0 Å². The molecule has 0 fully saturated rings. The Balaban J connectivity index is 1.93. The van der Waals surface area contributed by atoms with Crippen LogP contribution in [0, 0.1) is 0 Å². The van der Waals surface area contributed by atoms with Gasteiger partial charge in [0.05, 0.1) is 5.52 Å². The van der Waals surface area contributed by atoms with Crippen LogP contribution in [-0.4, -0.2) is 11.5 Å². The summed E-state index contributed by atoms with van der Waals surface area (Å²) in [4.78, 5) is 4.35. The molecule has 2 rings (SSSR count). The second kappa shape index (κ2) is 7.34. The van der Waals surface area contributed by atoms with E-state index in [-0.39, 0.29) is 0 Å². The largest absolute Gasteiger partial charge is 0.384 e. The van der Waals surface area contributed by atoms with Gasteiger partial charge in [0, 0.05) is 28.8 Å². The summed E-state index contributed by atoms with van der Waals surface area (Å²) in [5, 5.41) is 5.37. The SMILES string of the molecule is CCCCCCCNc1ccnc2cc(Cl)ccc12. The van der Waals surface area contributed by atoms with Gasteiger partial charge in [0.15, 0.2) is 0 Å². The van der Waals surface area contributed by atoms with E-state index in [1.54, 1.807) is 0 Å². The number of pyridine rings is 1. The molecule has 2 nitrogen and oxygen atoms in total. The van der Waals surface area contributed by atoms with Gasteiger partial charge in [0.25, 0.3) is 0 Å². The van der Waals surface area contributed by atoms with Crippen LogP contribution < -0.4 is 5.32 Å². The standard InChI is InChI=1S/C16H21ClN2/c1-2-3-4-5-6-10-18-15-9-11-19-16-12-13(17)7-8-14(15)16/h7-9,11-12H,2-6,10H2,1H3,(H,18,19). The Hall–Kier alpha value is -1.28. The number of hydrogen-bond donors (Lipinski definition) is 1. The zero-order valence-corrected chi connectivity index (χ0v) is 12.2. The molecular weight excluding hydrogens is 256 g/mol. The number of benzene rings is 1. The van der Waals surface area contributed by atoms with E-state index in [1.807, 2.05) is 30.5 Å². The first kappa shape index (κ1) is 14.1. The molecule has 1 N–H and O–H groups in total. The third-order valence-electron chi connectivity index (χ3n) is 3.30. The highest BCUT2D eigenvalue weighted by Gasteiger charge is 2.01. The fourth-order valence-corrected chi connectivity index (χ4v) is 2.39. The highest BCUT2D eigenvalue weighted by atomic mass is 35.5. The highest BCUT2D eigenvalue weighted by molar-refractivity contribution is 6.31. The van der Waals surface area contributed by atoms with Crippen molar-refractivity contribution < 1.29 is 0 Å². The van der Waals surface area contributed by atoms with Crippen LogP contribution in [0.2, 0.25) is 5.02 Å². The van der Waals surface area contributed by atoms with Crippen LogP contribution in [0.5, 0.6) is 0 Å². The Bertz CT molecular complexity index is 525. The fourth-order valence-electron chi connectivity index (χ4n) is 2.23. The molecule has 0 unspecified atom stereocenters. The van der Waals surface area contributed by atoms with Crippen LogP contribution in [-0.2, 0) is 0 Å². The average Bonchev–Trinajstić information content (AvgIpc) is 2.42. The van der Waals surface area contributed by atoms with Crippen LogP contribution in [0.3, 0.4) is 0 Å². The number of anilines is 1. The smallest absolute Gasteiger partial charge is 0.0737 e. The molecule has 0 aliphatic carbocycles. The van der Waals surface area contributed by atoms with Gasteiger partial charge in [-0.05, 0) is 30.7 Å². The zero-order chi connectivity index (χ0) is 13.5. The van der Waals surface area contributed by atoms with E-state index in [0.29, 0.717) is 0 Å². The normalized spacial score (nSPS) is 10.8. The third kappa shape index (κ3) is 4.10. The predicted molar refractivity (Wildman–Crippen MR) is 84.0 cm³/mol. The zero-order valence-electron chi connectivity index (χ0n) is 11.5. The first-order chi connectivity index (χ1) is 9.31. The molecule has 0 atom stereocenters. The van der Waals surface area contributed by atoms with Crippen molar-refractivity contribution in [1.82, 2.24) is 4.98 Å². The van der Waals surface area contributed by atoms with Crippen LogP contribution in [0.4, 0.5) is 5.69 Å². The van der Waals surface area contributed by atoms with E-state index in [9.17, 15) is 0 Å². The van der Waals surface area contributed by atoms with Gasteiger partial charge in [-0.1, -0.05) is 44.2 Å². The molecule has 0 spiro atoms. The Morgan fingerprint density at radius 3 is 2.79 bits per heavy atom. The van der Waals surface area contributed by atoms with Crippen LogP contribution in [0.25, 0.3) is 10.9 Å². The molecule has 0 bridgehead atoms. The van der Waals surface area contributed by atoms with Gasteiger partial charge in [-0.2, -0.15) is 0 Å². The van der Waals surface area contributed by atoms with E-state index in [4.69, 9.17) is 11.6 Å². The summed E-state index contributed by atoms with van der Waals surface area (Å²) in [6, 6.07) is 7.88. The van der Waals surface area contributed by atoms with Crippen molar-refractivity contribution in [2.24, 2.45) is 0 Å². The van der Waals surface area contributed by atoms with Gasteiger partial charge < -0.3 is 5.32 Å². The number of unbranched alkanes of at least 4 members (excludes halogenated alkanes) is 4. The van der Waals surface area contributed by atoms with Crippen molar-refractivity contribution in [3.8, 4) is 0 Å². The topological polar surface area (TPSA) is 24.9 Å². The van der Waals surface area contributed by atoms with E-state index >= 15 is 0 Å². The van der Waals surface area contributed by atoms with Crippen molar-refractivity contribution in [1.29, 1.82) is 0 Å². The van der Waals surface area contributed by atoms with E-state index < -0.39 is 0 Å². The maximum absolute atomic E-state index is 5.99. The molecule has 0 saturated heterocycles. The minimum Gasteiger partial charge on any atom is -0.384 e. The van der Waals surface area contributed by atoms with Crippen LogP contribution >= 0.6 is 11.6 Å². The number of aromatic nitrogens is 1. The highest BCUT2D eigenvalue weighted by Crippen LogP contribution is 2.24. The summed E-state index contributed by atoms with van der Waals surface area (Å²) in [7, 11) is 0. The van der Waals surface area contributed by atoms with Gasteiger partial charge >= 0.3 is 0 Å². The molecule has 19 heavy (non-hydrogen) atoms. The molecule has 1 aromatic heterocycles. The summed E-state index contributed by atoms with van der Waals surface area (Å²) in [5.41, 5.74) is 2.10. The lowest BCUT2D eigenvalue weighted by atomic mass is 10.1. The Morgan fingerprint density at radius 2 is 1.95 bits per heavy atom. The average molecular weight is 277 g/mol. The van der Waals surface area contributed by atoms with Crippen molar-refractivity contribution in [2.45, 2.75) is 39.0 Å². The fraction of sp³-hybridized carbons (Fsp3) is 0.438. The minimum atomic E-state index is 0.733. The van der Waals surface area contributed by atoms with Crippen molar-refractivity contribution in [3.05, 3.63) is 35.5 Å². The summed E-state index contributed by atoms with van der Waals surface area (Å²) < 4.78 is 0. The van der Waals surface area contributed by atoms with E-state index in [0.717, 1.165) is 28.2 Å². The number of nitrogens with one attached hydrogen (secondary N) is 1. The first-order valence-electron chi connectivity index (χ1n) is 7.09. The number of nitrogens with zero attached hydrogens (tertiary/aromatic N) is 1. The molecule has 0 radical (unpaired) electrons. The number of rotatable bonds is 7. The van der Waals surface area contributed by atoms with Crippen molar-refractivity contribution in [2.75, 3.05) is 11.9 Å². The van der Waals surface area contributed by atoms with Gasteiger partial charge in [0.2, 0.25) is 0 Å². The molecule has 1 aromatic carbocycles. The molecule has 3 heteroatoms. The second-order valence-corrected chi connectivity index (χ2v) is 5.30. The maximum Gasteiger partial charge on any atom is 0.0737 e. The maximum atomic E-state index is 5.99. The number of halogens is 1. The lowest BCUT2D eigenvalue weighted by molar-refractivity contribution is 0.645. The molecular formula is C16H21ClN2. The summed E-state index contributed by atoms with van der Waals surface area (Å²) >= 11 is 5.99. The van der Waals surface area contributed by atoms with Gasteiger partial charge in [-0.15, -0.1) is 0 Å². The minimum absolute atomic E-state index is 0.733. The molecule has 1 heterocycles. The van der Waals surface area contributed by atoms with E-state index in [1.165, 1.54) is 32.1 Å². The Labute approximate surface area is 120 Å². The summed E-state index contributed by atoms with van der Waals surface area (Å²) in [5.74, 6) is 0. The van der Waals surface area contributed by atoms with Crippen molar-refractivity contribution >= 4 is 28.2 Å². The lowest BCUT2D eigenvalue weighted by Crippen LogP contribution is -2.02. The van der Waals surface area contributed by atoms with Gasteiger partial charge in [-0.3, -0.25) is 4.98 Å². The lowest BCUT2D eigenvalue weighted by Gasteiger charge is -2.09. The molecule has 0 saturated carbocycles. The monoisotopic (exact) mass is 276 g/mol. The van der Waals surface area contributed by atoms with Crippen LogP contribution in [0.1, 0.15) is 39.0 Å². The molecule has 2 aromatic rings. The molecule has 102 valence electrons.